The van der Waals surface area contributed by atoms with Crippen LogP contribution in [0.3, 0.4) is 0 Å². The van der Waals surface area contributed by atoms with E-state index >= 15 is 0 Å². The van der Waals surface area contributed by atoms with Crippen molar-refractivity contribution in [1.29, 1.82) is 0 Å². The first-order chi connectivity index (χ1) is 11.0. The highest BCUT2D eigenvalue weighted by Crippen LogP contribution is 2.43. The average Bonchev–Trinajstić information content (AvgIpc) is 2.50. The molecular formula is C18H9Cl4I. The Balaban J connectivity index is 2.29. The summed E-state index contributed by atoms with van der Waals surface area (Å²) in [5, 5.41) is 2.44. The monoisotopic (exact) mass is 492 g/mol. The van der Waals surface area contributed by atoms with Gasteiger partial charge in [0.15, 0.2) is 0 Å². The van der Waals surface area contributed by atoms with Crippen LogP contribution < -0.4 is 0 Å². The van der Waals surface area contributed by atoms with Crippen LogP contribution in [0.5, 0.6) is 0 Å². The molecule has 0 atom stereocenters. The third-order valence-electron chi connectivity index (χ3n) is 3.46. The Bertz CT molecular complexity index is 780. The van der Waals surface area contributed by atoms with Gasteiger partial charge in [-0.1, -0.05) is 76.7 Å². The van der Waals surface area contributed by atoms with E-state index in [2.05, 4.69) is 22.6 Å². The lowest BCUT2D eigenvalue weighted by Gasteiger charge is -2.15. The van der Waals surface area contributed by atoms with Crippen LogP contribution in [0.4, 0.5) is 0 Å². The van der Waals surface area contributed by atoms with Crippen molar-refractivity contribution in [2.75, 3.05) is 0 Å². The first-order valence-corrected chi connectivity index (χ1v) is 9.27. The lowest BCUT2D eigenvalue weighted by molar-refractivity contribution is 1.55. The van der Waals surface area contributed by atoms with Gasteiger partial charge in [-0.15, -0.1) is 0 Å². The van der Waals surface area contributed by atoms with Crippen molar-refractivity contribution in [3.8, 4) is 22.3 Å². The van der Waals surface area contributed by atoms with Gasteiger partial charge in [0.1, 0.15) is 0 Å². The third-order valence-corrected chi connectivity index (χ3v) is 5.88. The molecule has 0 aromatic heterocycles. The maximum atomic E-state index is 6.36. The number of hydrogen-bond donors (Lipinski definition) is 0. The zero-order valence-corrected chi connectivity index (χ0v) is 16.8. The number of rotatable bonds is 2. The zero-order valence-electron chi connectivity index (χ0n) is 11.6. The van der Waals surface area contributed by atoms with Crippen LogP contribution in [0.1, 0.15) is 0 Å². The van der Waals surface area contributed by atoms with Gasteiger partial charge >= 0.3 is 0 Å². The van der Waals surface area contributed by atoms with Crippen molar-refractivity contribution >= 4 is 69.0 Å². The van der Waals surface area contributed by atoms with Gasteiger partial charge in [0.2, 0.25) is 0 Å². The minimum atomic E-state index is 0.609. The second-order valence-electron chi connectivity index (χ2n) is 4.86. The molecule has 0 unspecified atom stereocenters. The highest BCUT2D eigenvalue weighted by atomic mass is 127. The van der Waals surface area contributed by atoms with Crippen LogP contribution in [0.2, 0.25) is 20.1 Å². The normalized spacial score (nSPS) is 10.8. The Labute approximate surface area is 168 Å². The quantitative estimate of drug-likeness (QED) is 0.315. The minimum Gasteiger partial charge on any atom is -0.0836 e. The summed E-state index contributed by atoms with van der Waals surface area (Å²) in [5.74, 6) is 0. The third kappa shape index (κ3) is 3.35. The van der Waals surface area contributed by atoms with Crippen molar-refractivity contribution in [3.05, 3.63) is 78.3 Å². The average molecular weight is 494 g/mol. The van der Waals surface area contributed by atoms with E-state index in [1.165, 1.54) is 0 Å². The summed E-state index contributed by atoms with van der Waals surface area (Å²) in [6.07, 6.45) is 0. The molecule has 3 aromatic rings. The Morgan fingerprint density at radius 2 is 0.826 bits per heavy atom. The molecule has 0 aliphatic heterocycles. The summed E-state index contributed by atoms with van der Waals surface area (Å²) in [4.78, 5) is 0. The number of benzene rings is 3. The lowest BCUT2D eigenvalue weighted by Crippen LogP contribution is -1.91. The standard InChI is InChI=1S/C18H9Cl4I/c19-12-6-2-7-13(20)16(12)10-4-1-5-11(18(10)23)17-14(21)8-3-9-15(17)22/h1-9H. The molecule has 116 valence electrons. The highest BCUT2D eigenvalue weighted by Gasteiger charge is 2.17. The zero-order chi connectivity index (χ0) is 16.6. The van der Waals surface area contributed by atoms with Crippen LogP contribution in [0.15, 0.2) is 54.6 Å². The molecular weight excluding hydrogens is 485 g/mol. The fourth-order valence-corrected chi connectivity index (χ4v) is 4.53. The molecule has 0 fully saturated rings. The number of hydrogen-bond acceptors (Lipinski definition) is 0. The van der Waals surface area contributed by atoms with E-state index in [9.17, 15) is 0 Å². The van der Waals surface area contributed by atoms with E-state index in [4.69, 9.17) is 46.4 Å². The molecule has 3 aromatic carbocycles. The highest BCUT2D eigenvalue weighted by molar-refractivity contribution is 14.1. The fraction of sp³-hybridized carbons (Fsp3) is 0. The van der Waals surface area contributed by atoms with Crippen LogP contribution in [-0.2, 0) is 0 Å². The van der Waals surface area contributed by atoms with Crippen molar-refractivity contribution < 1.29 is 0 Å². The molecule has 0 N–H and O–H groups in total. The van der Waals surface area contributed by atoms with Crippen molar-refractivity contribution in [1.82, 2.24) is 0 Å². The molecule has 0 saturated heterocycles. The molecule has 0 nitrogen and oxygen atoms in total. The first kappa shape index (κ1) is 17.4. The molecule has 0 spiro atoms. The maximum absolute atomic E-state index is 6.36. The van der Waals surface area contributed by atoms with Gasteiger partial charge in [0.05, 0.1) is 0 Å². The second-order valence-corrected chi connectivity index (χ2v) is 7.57. The fourth-order valence-electron chi connectivity index (χ4n) is 2.43. The number of halogens is 5. The molecule has 0 aliphatic carbocycles. The Morgan fingerprint density at radius 1 is 0.522 bits per heavy atom. The van der Waals surface area contributed by atoms with Gasteiger partial charge in [-0.3, -0.25) is 0 Å². The molecule has 0 heterocycles. The molecule has 0 bridgehead atoms. The second kappa shape index (κ2) is 7.20. The van der Waals surface area contributed by atoms with Gasteiger partial charge in [0, 0.05) is 34.8 Å². The summed E-state index contributed by atoms with van der Waals surface area (Å²) in [5.41, 5.74) is 3.53. The van der Waals surface area contributed by atoms with Crippen molar-refractivity contribution in [2.45, 2.75) is 0 Å². The van der Waals surface area contributed by atoms with Crippen molar-refractivity contribution in [3.63, 3.8) is 0 Å². The summed E-state index contributed by atoms with van der Waals surface area (Å²) in [6, 6.07) is 16.9. The van der Waals surface area contributed by atoms with E-state index in [0.717, 1.165) is 25.8 Å². The van der Waals surface area contributed by atoms with Crippen LogP contribution >= 0.6 is 69.0 Å². The van der Waals surface area contributed by atoms with E-state index in [1.54, 1.807) is 0 Å². The Hall–Kier alpha value is -0.450. The van der Waals surface area contributed by atoms with Crippen LogP contribution in [0, 0.1) is 3.57 Å². The molecule has 0 amide bonds. The topological polar surface area (TPSA) is 0 Å². The van der Waals surface area contributed by atoms with Crippen LogP contribution in [-0.4, -0.2) is 0 Å². The predicted molar refractivity (Wildman–Crippen MR) is 110 cm³/mol. The minimum absolute atomic E-state index is 0.609. The SMILES string of the molecule is Clc1cccc(Cl)c1-c1cccc(-c2c(Cl)cccc2Cl)c1I. The molecule has 23 heavy (non-hydrogen) atoms. The van der Waals surface area contributed by atoms with Gasteiger partial charge < -0.3 is 0 Å². The van der Waals surface area contributed by atoms with Crippen LogP contribution in [0.25, 0.3) is 22.3 Å². The van der Waals surface area contributed by atoms with Gasteiger partial charge in [0.25, 0.3) is 0 Å². The summed E-state index contributed by atoms with van der Waals surface area (Å²) in [7, 11) is 0. The predicted octanol–water partition coefficient (Wildman–Crippen LogP) is 8.24. The summed E-state index contributed by atoms with van der Waals surface area (Å²) in [6.45, 7) is 0. The van der Waals surface area contributed by atoms with E-state index in [1.807, 2.05) is 54.6 Å². The Kier molecular flexibility index (Phi) is 5.44. The van der Waals surface area contributed by atoms with Crippen molar-refractivity contribution in [2.24, 2.45) is 0 Å². The van der Waals surface area contributed by atoms with Gasteiger partial charge in [-0.05, 0) is 58.0 Å². The maximum Gasteiger partial charge on any atom is 0.0499 e. The smallest absolute Gasteiger partial charge is 0.0499 e. The van der Waals surface area contributed by atoms with E-state index in [0.29, 0.717) is 20.1 Å². The molecule has 0 aliphatic rings. The first-order valence-electron chi connectivity index (χ1n) is 6.68. The molecule has 0 radical (unpaired) electrons. The van der Waals surface area contributed by atoms with E-state index < -0.39 is 0 Å². The lowest BCUT2D eigenvalue weighted by atomic mass is 9.99. The molecule has 3 rings (SSSR count). The Morgan fingerprint density at radius 3 is 1.17 bits per heavy atom. The molecule has 0 saturated carbocycles. The van der Waals surface area contributed by atoms with Gasteiger partial charge in [-0.2, -0.15) is 0 Å². The summed E-state index contributed by atoms with van der Waals surface area (Å²) < 4.78 is 0.995. The van der Waals surface area contributed by atoms with E-state index in [-0.39, 0.29) is 0 Å². The largest absolute Gasteiger partial charge is 0.0836 e. The molecule has 5 heteroatoms. The van der Waals surface area contributed by atoms with Gasteiger partial charge in [-0.25, -0.2) is 0 Å². The summed E-state index contributed by atoms with van der Waals surface area (Å²) >= 11 is 27.7.